The van der Waals surface area contributed by atoms with Crippen LogP contribution >= 0.6 is 0 Å². The van der Waals surface area contributed by atoms with E-state index in [1.54, 1.807) is 6.92 Å². The lowest BCUT2D eigenvalue weighted by molar-refractivity contribution is 0.101. The second kappa shape index (κ2) is 9.09. The van der Waals surface area contributed by atoms with Gasteiger partial charge in [0.25, 0.3) is 0 Å². The molecule has 30 heavy (non-hydrogen) atoms. The smallest absolute Gasteiger partial charge is 0.241 e. The van der Waals surface area contributed by atoms with Crippen LogP contribution in [0.2, 0.25) is 0 Å². The number of Topliss-reactive ketones (excluding diaryl/α,β-unsaturated/α-hetero) is 1. The maximum Gasteiger partial charge on any atom is 0.241 e. The van der Waals surface area contributed by atoms with Crippen molar-refractivity contribution < 1.29 is 14.1 Å². The SMILES string of the molecule is CCOc1ccccc1-c1noc(CN2CCN(c3ccc(C(C)=O)cc3)CC2)n1. The van der Waals surface area contributed by atoms with Crippen molar-refractivity contribution in [1.29, 1.82) is 0 Å². The lowest BCUT2D eigenvalue weighted by Gasteiger charge is -2.35. The third kappa shape index (κ3) is 4.52. The third-order valence-corrected chi connectivity index (χ3v) is 5.27. The van der Waals surface area contributed by atoms with Crippen LogP contribution in [-0.2, 0) is 6.54 Å². The summed E-state index contributed by atoms with van der Waals surface area (Å²) >= 11 is 0. The van der Waals surface area contributed by atoms with Crippen LogP contribution in [0.5, 0.6) is 5.75 Å². The van der Waals surface area contributed by atoms with E-state index in [1.807, 2.05) is 55.5 Å². The summed E-state index contributed by atoms with van der Waals surface area (Å²) < 4.78 is 11.2. The minimum Gasteiger partial charge on any atom is -0.493 e. The van der Waals surface area contributed by atoms with Crippen molar-refractivity contribution >= 4 is 11.5 Å². The summed E-state index contributed by atoms with van der Waals surface area (Å²) in [5, 5.41) is 4.15. The lowest BCUT2D eigenvalue weighted by atomic mass is 10.1. The summed E-state index contributed by atoms with van der Waals surface area (Å²) in [6.07, 6.45) is 0. The Kier molecular flexibility index (Phi) is 6.09. The summed E-state index contributed by atoms with van der Waals surface area (Å²) in [5.41, 5.74) is 2.73. The number of benzene rings is 2. The number of ether oxygens (including phenoxy) is 1. The van der Waals surface area contributed by atoms with Gasteiger partial charge in [-0.1, -0.05) is 17.3 Å². The van der Waals surface area contributed by atoms with Crippen LogP contribution in [0.3, 0.4) is 0 Å². The second-order valence-electron chi connectivity index (χ2n) is 7.31. The van der Waals surface area contributed by atoms with E-state index in [-0.39, 0.29) is 5.78 Å². The first kappa shape index (κ1) is 20.1. The summed E-state index contributed by atoms with van der Waals surface area (Å²) in [4.78, 5) is 20.7. The molecule has 0 atom stereocenters. The van der Waals surface area contributed by atoms with E-state index in [0.29, 0.717) is 24.9 Å². The topological polar surface area (TPSA) is 71.7 Å². The summed E-state index contributed by atoms with van der Waals surface area (Å²) in [6, 6.07) is 15.6. The summed E-state index contributed by atoms with van der Waals surface area (Å²) in [7, 11) is 0. The molecular formula is C23H26N4O3. The number of carbonyl (C=O) groups excluding carboxylic acids is 1. The third-order valence-electron chi connectivity index (χ3n) is 5.27. The predicted octanol–water partition coefficient (Wildman–Crippen LogP) is 3.66. The van der Waals surface area contributed by atoms with Gasteiger partial charge in [0.2, 0.25) is 11.7 Å². The Hall–Kier alpha value is -3.19. The molecule has 156 valence electrons. The fourth-order valence-corrected chi connectivity index (χ4v) is 3.62. The van der Waals surface area contributed by atoms with Crippen molar-refractivity contribution in [2.45, 2.75) is 20.4 Å². The zero-order valence-electron chi connectivity index (χ0n) is 17.4. The molecule has 0 amide bonds. The molecule has 1 saturated heterocycles. The molecule has 0 spiro atoms. The molecule has 0 aliphatic carbocycles. The first-order valence-electron chi connectivity index (χ1n) is 10.3. The first-order valence-corrected chi connectivity index (χ1v) is 10.3. The van der Waals surface area contributed by atoms with Crippen molar-refractivity contribution in [1.82, 2.24) is 15.0 Å². The summed E-state index contributed by atoms with van der Waals surface area (Å²) in [5.74, 6) is 2.01. The van der Waals surface area contributed by atoms with Crippen LogP contribution < -0.4 is 9.64 Å². The van der Waals surface area contributed by atoms with Gasteiger partial charge in [0.1, 0.15) is 5.75 Å². The molecule has 1 aromatic heterocycles. The van der Waals surface area contributed by atoms with Gasteiger partial charge in [-0.25, -0.2) is 0 Å². The molecule has 1 aliphatic heterocycles. The number of carbonyl (C=O) groups is 1. The maximum atomic E-state index is 11.4. The molecule has 0 N–H and O–H groups in total. The minimum absolute atomic E-state index is 0.0918. The fraction of sp³-hybridized carbons (Fsp3) is 0.348. The van der Waals surface area contributed by atoms with Gasteiger partial charge in [0.15, 0.2) is 5.78 Å². The van der Waals surface area contributed by atoms with Gasteiger partial charge in [0.05, 0.1) is 18.7 Å². The van der Waals surface area contributed by atoms with Crippen LogP contribution in [0.4, 0.5) is 5.69 Å². The molecule has 0 unspecified atom stereocenters. The molecule has 7 heteroatoms. The Balaban J connectivity index is 1.35. The number of para-hydroxylation sites is 1. The Morgan fingerprint density at radius 1 is 1.07 bits per heavy atom. The average molecular weight is 406 g/mol. The Morgan fingerprint density at radius 3 is 2.50 bits per heavy atom. The molecule has 2 heterocycles. The number of nitrogens with zero attached hydrogens (tertiary/aromatic N) is 4. The number of ketones is 1. The Morgan fingerprint density at radius 2 is 1.80 bits per heavy atom. The van der Waals surface area contributed by atoms with Crippen molar-refractivity contribution in [3.63, 3.8) is 0 Å². The van der Waals surface area contributed by atoms with Gasteiger partial charge in [-0.05, 0) is 50.2 Å². The van der Waals surface area contributed by atoms with Gasteiger partial charge in [-0.2, -0.15) is 4.98 Å². The lowest BCUT2D eigenvalue weighted by Crippen LogP contribution is -2.46. The van der Waals surface area contributed by atoms with Crippen LogP contribution in [-0.4, -0.2) is 53.6 Å². The zero-order valence-corrected chi connectivity index (χ0v) is 17.4. The van der Waals surface area contributed by atoms with E-state index in [2.05, 4.69) is 19.9 Å². The van der Waals surface area contributed by atoms with Crippen LogP contribution in [0, 0.1) is 0 Å². The molecular weight excluding hydrogens is 380 g/mol. The maximum absolute atomic E-state index is 11.4. The largest absolute Gasteiger partial charge is 0.493 e. The highest BCUT2D eigenvalue weighted by Crippen LogP contribution is 2.28. The fourth-order valence-electron chi connectivity index (χ4n) is 3.62. The van der Waals surface area contributed by atoms with Crippen molar-refractivity contribution in [2.24, 2.45) is 0 Å². The Bertz CT molecular complexity index is 992. The van der Waals surface area contributed by atoms with Crippen molar-refractivity contribution in [3.05, 3.63) is 60.0 Å². The number of hydrogen-bond donors (Lipinski definition) is 0. The molecule has 7 nitrogen and oxygen atoms in total. The number of rotatable bonds is 7. The van der Waals surface area contributed by atoms with Gasteiger partial charge in [-0.15, -0.1) is 0 Å². The number of anilines is 1. The van der Waals surface area contributed by atoms with Crippen LogP contribution in [0.15, 0.2) is 53.1 Å². The van der Waals surface area contributed by atoms with Crippen molar-refractivity contribution in [2.75, 3.05) is 37.7 Å². The average Bonchev–Trinajstić information content (AvgIpc) is 3.23. The molecule has 1 aliphatic rings. The molecule has 0 radical (unpaired) electrons. The van der Waals surface area contributed by atoms with Gasteiger partial charge < -0.3 is 14.2 Å². The van der Waals surface area contributed by atoms with Crippen LogP contribution in [0.25, 0.3) is 11.4 Å². The number of hydrogen-bond acceptors (Lipinski definition) is 7. The molecule has 0 saturated carbocycles. The summed E-state index contributed by atoms with van der Waals surface area (Å²) in [6.45, 7) is 8.39. The van der Waals surface area contributed by atoms with E-state index in [4.69, 9.17) is 9.26 Å². The van der Waals surface area contributed by atoms with E-state index < -0.39 is 0 Å². The highest BCUT2D eigenvalue weighted by atomic mass is 16.5. The van der Waals surface area contributed by atoms with Gasteiger partial charge >= 0.3 is 0 Å². The second-order valence-corrected chi connectivity index (χ2v) is 7.31. The highest BCUT2D eigenvalue weighted by Gasteiger charge is 2.20. The number of piperazine rings is 1. The molecule has 2 aromatic carbocycles. The van der Waals surface area contributed by atoms with Crippen molar-refractivity contribution in [3.8, 4) is 17.1 Å². The molecule has 4 rings (SSSR count). The predicted molar refractivity (Wildman–Crippen MR) is 115 cm³/mol. The Labute approximate surface area is 176 Å². The normalized spacial score (nSPS) is 14.7. The van der Waals surface area contributed by atoms with E-state index in [9.17, 15) is 4.79 Å². The van der Waals surface area contributed by atoms with E-state index in [0.717, 1.165) is 48.7 Å². The van der Waals surface area contributed by atoms with Gasteiger partial charge in [0, 0.05) is 37.4 Å². The monoisotopic (exact) mass is 406 g/mol. The van der Waals surface area contributed by atoms with E-state index in [1.165, 1.54) is 0 Å². The molecule has 0 bridgehead atoms. The first-order chi connectivity index (χ1) is 14.6. The van der Waals surface area contributed by atoms with Gasteiger partial charge in [-0.3, -0.25) is 9.69 Å². The zero-order chi connectivity index (χ0) is 20.9. The number of aromatic nitrogens is 2. The van der Waals surface area contributed by atoms with E-state index >= 15 is 0 Å². The highest BCUT2D eigenvalue weighted by molar-refractivity contribution is 5.94. The molecule has 3 aromatic rings. The minimum atomic E-state index is 0.0918. The van der Waals surface area contributed by atoms with Crippen LogP contribution in [0.1, 0.15) is 30.1 Å². The quantitative estimate of drug-likeness (QED) is 0.555. The molecule has 1 fully saturated rings. The standard InChI is InChI=1S/C23H26N4O3/c1-3-29-21-7-5-4-6-20(21)23-24-22(30-25-23)16-26-12-14-27(15-13-26)19-10-8-18(9-11-19)17(2)28/h4-11H,3,12-16H2,1-2H3.